The standard InChI is InChI=1S/C24H18ClN3O6/c1-33-16-6-2-13(3-7-16)22-27-18-9-5-15(11-20(18)28-22)24(32)34-12-21(29)26-19-10-14(23(30)31)4-8-17(19)25/h2-11H,12H2,1H3,(H,26,29)(H,27,28)(H,30,31). The molecule has 34 heavy (non-hydrogen) atoms. The first-order valence-electron chi connectivity index (χ1n) is 9.98. The van der Waals surface area contributed by atoms with Crippen molar-refractivity contribution in [2.45, 2.75) is 0 Å². The number of hydrogen-bond donors (Lipinski definition) is 3. The second kappa shape index (κ2) is 9.63. The van der Waals surface area contributed by atoms with Crippen molar-refractivity contribution in [2.24, 2.45) is 0 Å². The minimum absolute atomic E-state index is 0.0430. The molecule has 0 atom stereocenters. The van der Waals surface area contributed by atoms with Gasteiger partial charge in [-0.05, 0) is 60.7 Å². The molecule has 0 bridgehead atoms. The van der Waals surface area contributed by atoms with Crippen LogP contribution in [0.15, 0.2) is 60.7 Å². The average Bonchev–Trinajstić information content (AvgIpc) is 3.27. The first-order chi connectivity index (χ1) is 16.3. The van der Waals surface area contributed by atoms with E-state index in [1.54, 1.807) is 25.3 Å². The maximum absolute atomic E-state index is 12.4. The number of esters is 1. The van der Waals surface area contributed by atoms with Gasteiger partial charge in [-0.2, -0.15) is 0 Å². The molecular formula is C24H18ClN3O6. The third-order valence-corrected chi connectivity index (χ3v) is 5.23. The van der Waals surface area contributed by atoms with Crippen LogP contribution < -0.4 is 10.1 Å². The van der Waals surface area contributed by atoms with Crippen LogP contribution >= 0.6 is 11.6 Å². The number of benzene rings is 3. The van der Waals surface area contributed by atoms with Crippen LogP contribution in [-0.4, -0.2) is 46.6 Å². The van der Waals surface area contributed by atoms with Crippen molar-refractivity contribution in [3.8, 4) is 17.1 Å². The summed E-state index contributed by atoms with van der Waals surface area (Å²) in [6, 6.07) is 16.1. The van der Waals surface area contributed by atoms with Crippen LogP contribution in [0.4, 0.5) is 5.69 Å². The number of hydrogen-bond acceptors (Lipinski definition) is 6. The molecule has 172 valence electrons. The van der Waals surface area contributed by atoms with Crippen molar-refractivity contribution < 1.29 is 29.0 Å². The number of fused-ring (bicyclic) bond motifs is 1. The van der Waals surface area contributed by atoms with Gasteiger partial charge >= 0.3 is 11.9 Å². The molecule has 10 heteroatoms. The highest BCUT2D eigenvalue weighted by Crippen LogP contribution is 2.24. The number of nitrogens with zero attached hydrogens (tertiary/aromatic N) is 1. The van der Waals surface area contributed by atoms with E-state index in [-0.39, 0.29) is 21.8 Å². The van der Waals surface area contributed by atoms with Gasteiger partial charge in [0.25, 0.3) is 5.91 Å². The topological polar surface area (TPSA) is 131 Å². The molecule has 0 aliphatic carbocycles. The number of rotatable bonds is 7. The molecule has 3 aromatic carbocycles. The zero-order valence-electron chi connectivity index (χ0n) is 17.8. The van der Waals surface area contributed by atoms with Crippen molar-refractivity contribution in [3.05, 3.63) is 76.8 Å². The predicted octanol–water partition coefficient (Wildman–Crippen LogP) is 4.39. The average molecular weight is 480 g/mol. The summed E-state index contributed by atoms with van der Waals surface area (Å²) in [6.45, 7) is -0.579. The van der Waals surface area contributed by atoms with Crippen molar-refractivity contribution in [3.63, 3.8) is 0 Å². The van der Waals surface area contributed by atoms with E-state index in [4.69, 9.17) is 26.2 Å². The molecule has 0 spiro atoms. The molecule has 0 saturated heterocycles. The summed E-state index contributed by atoms with van der Waals surface area (Å²) >= 11 is 5.99. The fraction of sp³-hybridized carbons (Fsp3) is 0.0833. The molecule has 4 aromatic rings. The van der Waals surface area contributed by atoms with E-state index in [1.807, 2.05) is 24.3 Å². The molecule has 0 aliphatic heterocycles. The second-order valence-corrected chi connectivity index (χ2v) is 7.58. The largest absolute Gasteiger partial charge is 0.497 e. The van der Waals surface area contributed by atoms with Crippen molar-refractivity contribution in [2.75, 3.05) is 19.0 Å². The van der Waals surface area contributed by atoms with Gasteiger partial charge < -0.3 is 24.9 Å². The zero-order valence-corrected chi connectivity index (χ0v) is 18.6. The van der Waals surface area contributed by atoms with Crippen molar-refractivity contribution in [1.29, 1.82) is 0 Å². The van der Waals surface area contributed by atoms with E-state index in [9.17, 15) is 14.4 Å². The lowest BCUT2D eigenvalue weighted by atomic mass is 10.2. The van der Waals surface area contributed by atoms with Gasteiger partial charge in [0.2, 0.25) is 0 Å². The van der Waals surface area contributed by atoms with Gasteiger partial charge in [0.15, 0.2) is 6.61 Å². The Hall–Kier alpha value is -4.37. The molecule has 4 rings (SSSR count). The van der Waals surface area contributed by atoms with Gasteiger partial charge in [0, 0.05) is 5.56 Å². The lowest BCUT2D eigenvalue weighted by Gasteiger charge is -2.09. The highest BCUT2D eigenvalue weighted by atomic mass is 35.5. The van der Waals surface area contributed by atoms with Crippen LogP contribution in [0.2, 0.25) is 5.02 Å². The summed E-state index contributed by atoms with van der Waals surface area (Å²) < 4.78 is 10.2. The third-order valence-electron chi connectivity index (χ3n) is 4.90. The van der Waals surface area contributed by atoms with Crippen molar-refractivity contribution >= 4 is 46.2 Å². The summed E-state index contributed by atoms with van der Waals surface area (Å²) in [5, 5.41) is 11.7. The number of amides is 1. The minimum atomic E-state index is -1.16. The van der Waals surface area contributed by atoms with Gasteiger partial charge in [-0.1, -0.05) is 11.6 Å². The maximum atomic E-state index is 12.4. The number of aromatic nitrogens is 2. The number of carbonyl (C=O) groups excluding carboxylic acids is 2. The Bertz CT molecular complexity index is 1400. The monoisotopic (exact) mass is 479 g/mol. The number of nitrogens with one attached hydrogen (secondary N) is 2. The number of aromatic carboxylic acids is 1. The quantitative estimate of drug-likeness (QED) is 0.335. The van der Waals surface area contributed by atoms with Crippen LogP contribution in [0.3, 0.4) is 0 Å². The number of carboxylic acid groups (broad SMARTS) is 1. The fourth-order valence-electron chi connectivity index (χ4n) is 3.18. The molecule has 0 aliphatic rings. The third kappa shape index (κ3) is 5.00. The molecule has 0 fully saturated rings. The Kier molecular flexibility index (Phi) is 6.46. The Morgan fingerprint density at radius 3 is 2.47 bits per heavy atom. The number of halogens is 1. The van der Waals surface area contributed by atoms with Gasteiger partial charge in [0.05, 0.1) is 40.0 Å². The zero-order chi connectivity index (χ0) is 24.2. The summed E-state index contributed by atoms with van der Waals surface area (Å²) in [7, 11) is 1.59. The normalized spacial score (nSPS) is 10.6. The lowest BCUT2D eigenvalue weighted by Crippen LogP contribution is -2.21. The molecule has 1 aromatic heterocycles. The van der Waals surface area contributed by atoms with E-state index in [0.29, 0.717) is 16.9 Å². The van der Waals surface area contributed by atoms with E-state index in [0.717, 1.165) is 11.3 Å². The molecule has 0 unspecified atom stereocenters. The van der Waals surface area contributed by atoms with E-state index in [2.05, 4.69) is 15.3 Å². The number of ether oxygens (including phenoxy) is 2. The highest BCUT2D eigenvalue weighted by Gasteiger charge is 2.15. The predicted molar refractivity (Wildman–Crippen MR) is 125 cm³/mol. The molecule has 9 nitrogen and oxygen atoms in total. The van der Waals surface area contributed by atoms with Crippen LogP contribution in [0, 0.1) is 0 Å². The van der Waals surface area contributed by atoms with E-state index in [1.165, 1.54) is 18.2 Å². The Labute approximate surface area is 198 Å². The number of anilines is 1. The summed E-state index contributed by atoms with van der Waals surface area (Å²) in [4.78, 5) is 43.4. The molecule has 3 N–H and O–H groups in total. The number of H-pyrrole nitrogens is 1. The minimum Gasteiger partial charge on any atom is -0.497 e. The van der Waals surface area contributed by atoms with Crippen LogP contribution in [0.5, 0.6) is 5.75 Å². The lowest BCUT2D eigenvalue weighted by molar-refractivity contribution is -0.119. The number of carbonyl (C=O) groups is 3. The van der Waals surface area contributed by atoms with E-state index >= 15 is 0 Å². The number of carboxylic acids is 1. The highest BCUT2D eigenvalue weighted by molar-refractivity contribution is 6.33. The second-order valence-electron chi connectivity index (χ2n) is 7.17. The Morgan fingerprint density at radius 1 is 1.03 bits per heavy atom. The number of methoxy groups -OCH3 is 1. The first kappa shape index (κ1) is 22.8. The van der Waals surface area contributed by atoms with Crippen molar-refractivity contribution in [1.82, 2.24) is 9.97 Å². The van der Waals surface area contributed by atoms with Crippen LogP contribution in [0.1, 0.15) is 20.7 Å². The molecule has 0 saturated carbocycles. The van der Waals surface area contributed by atoms with Gasteiger partial charge in [0.1, 0.15) is 11.6 Å². The Balaban J connectivity index is 1.42. The summed E-state index contributed by atoms with van der Waals surface area (Å²) in [6.07, 6.45) is 0. The van der Waals surface area contributed by atoms with Crippen LogP contribution in [0.25, 0.3) is 22.4 Å². The molecular weight excluding hydrogens is 462 g/mol. The Morgan fingerprint density at radius 2 is 1.76 bits per heavy atom. The fourth-order valence-corrected chi connectivity index (χ4v) is 3.34. The summed E-state index contributed by atoms with van der Waals surface area (Å²) in [5.74, 6) is -1.18. The molecule has 1 heterocycles. The maximum Gasteiger partial charge on any atom is 0.338 e. The van der Waals surface area contributed by atoms with Gasteiger partial charge in [-0.3, -0.25) is 4.79 Å². The van der Waals surface area contributed by atoms with E-state index < -0.39 is 24.5 Å². The summed E-state index contributed by atoms with van der Waals surface area (Å²) in [5.41, 5.74) is 2.43. The van der Waals surface area contributed by atoms with Crippen LogP contribution in [-0.2, 0) is 9.53 Å². The smallest absolute Gasteiger partial charge is 0.338 e. The number of imidazole rings is 1. The molecule has 1 amide bonds. The first-order valence-corrected chi connectivity index (χ1v) is 10.4. The van der Waals surface area contributed by atoms with Gasteiger partial charge in [-0.15, -0.1) is 0 Å². The SMILES string of the molecule is COc1ccc(-c2nc3ccc(C(=O)OCC(=O)Nc4cc(C(=O)O)ccc4Cl)cc3[nH]2)cc1. The number of aromatic amines is 1. The molecule has 0 radical (unpaired) electrons. The van der Waals surface area contributed by atoms with Gasteiger partial charge in [-0.25, -0.2) is 14.6 Å².